The zero-order chi connectivity index (χ0) is 11.0. The van der Waals surface area contributed by atoms with E-state index < -0.39 is 0 Å². The Morgan fingerprint density at radius 3 is 2.36 bits per heavy atom. The second kappa shape index (κ2) is 7.24. The normalized spacial score (nSPS) is 17.8. The van der Waals surface area contributed by atoms with Crippen molar-refractivity contribution >= 4 is 0 Å². The first-order chi connectivity index (χ1) is 6.58. The Morgan fingerprint density at radius 1 is 1.29 bits per heavy atom. The monoisotopic (exact) mass is 201 g/mol. The highest BCUT2D eigenvalue weighted by Crippen LogP contribution is 2.11. The van der Waals surface area contributed by atoms with Crippen LogP contribution in [0.15, 0.2) is 0 Å². The molecule has 0 aliphatic carbocycles. The molecule has 14 heavy (non-hydrogen) atoms. The first kappa shape index (κ1) is 13.9. The molecule has 2 unspecified atom stereocenters. The molecule has 0 saturated heterocycles. The molecule has 2 nitrogen and oxygen atoms in total. The van der Waals surface area contributed by atoms with Crippen molar-refractivity contribution in [1.82, 2.24) is 5.32 Å². The summed E-state index contributed by atoms with van der Waals surface area (Å²) >= 11 is 0. The van der Waals surface area contributed by atoms with E-state index in [0.717, 1.165) is 6.42 Å². The van der Waals surface area contributed by atoms with Gasteiger partial charge in [0.05, 0.1) is 6.61 Å². The SMILES string of the molecule is CCCCCC(C)NC(C)(CC)CO. The van der Waals surface area contributed by atoms with E-state index in [-0.39, 0.29) is 12.1 Å². The maximum absolute atomic E-state index is 9.24. The van der Waals surface area contributed by atoms with Crippen molar-refractivity contribution in [3.63, 3.8) is 0 Å². The molecule has 2 atom stereocenters. The first-order valence-electron chi connectivity index (χ1n) is 5.96. The maximum Gasteiger partial charge on any atom is 0.0610 e. The Bertz CT molecular complexity index is 132. The molecule has 0 spiro atoms. The molecule has 0 radical (unpaired) electrons. The molecule has 0 bridgehead atoms. The van der Waals surface area contributed by atoms with Crippen LogP contribution in [-0.2, 0) is 0 Å². The van der Waals surface area contributed by atoms with Crippen LogP contribution in [0.4, 0.5) is 0 Å². The summed E-state index contributed by atoms with van der Waals surface area (Å²) in [4.78, 5) is 0. The van der Waals surface area contributed by atoms with Gasteiger partial charge in [0, 0.05) is 11.6 Å². The average Bonchev–Trinajstić information content (AvgIpc) is 2.18. The minimum atomic E-state index is -0.0916. The van der Waals surface area contributed by atoms with Gasteiger partial charge in [-0.2, -0.15) is 0 Å². The summed E-state index contributed by atoms with van der Waals surface area (Å²) in [6.07, 6.45) is 6.06. The van der Waals surface area contributed by atoms with Crippen molar-refractivity contribution in [3.05, 3.63) is 0 Å². The van der Waals surface area contributed by atoms with Gasteiger partial charge in [-0.1, -0.05) is 33.1 Å². The van der Waals surface area contributed by atoms with Crippen molar-refractivity contribution in [1.29, 1.82) is 0 Å². The molecule has 0 rings (SSSR count). The summed E-state index contributed by atoms with van der Waals surface area (Å²) in [5.41, 5.74) is -0.0916. The first-order valence-corrected chi connectivity index (χ1v) is 5.96. The lowest BCUT2D eigenvalue weighted by molar-refractivity contribution is 0.157. The third-order valence-electron chi connectivity index (χ3n) is 2.96. The highest BCUT2D eigenvalue weighted by Gasteiger charge is 2.22. The number of aliphatic hydroxyl groups excluding tert-OH is 1. The zero-order valence-corrected chi connectivity index (χ0v) is 10.3. The third-order valence-corrected chi connectivity index (χ3v) is 2.96. The molecule has 0 fully saturated rings. The molecule has 0 aliphatic heterocycles. The minimum absolute atomic E-state index is 0.0916. The van der Waals surface area contributed by atoms with Gasteiger partial charge < -0.3 is 10.4 Å². The summed E-state index contributed by atoms with van der Waals surface area (Å²) in [5, 5.41) is 12.7. The van der Waals surface area contributed by atoms with Crippen LogP contribution in [0.2, 0.25) is 0 Å². The molecule has 86 valence electrons. The third kappa shape index (κ3) is 5.61. The molecule has 0 aromatic heterocycles. The summed E-state index contributed by atoms with van der Waals surface area (Å²) in [6.45, 7) is 8.86. The van der Waals surface area contributed by atoms with Crippen molar-refractivity contribution in [2.45, 2.75) is 71.4 Å². The summed E-state index contributed by atoms with van der Waals surface area (Å²) in [5.74, 6) is 0. The highest BCUT2D eigenvalue weighted by atomic mass is 16.3. The zero-order valence-electron chi connectivity index (χ0n) is 10.3. The van der Waals surface area contributed by atoms with E-state index in [4.69, 9.17) is 0 Å². The standard InChI is InChI=1S/C12H27NO/c1-5-7-8-9-11(3)13-12(4,6-2)10-14/h11,13-14H,5-10H2,1-4H3. The van der Waals surface area contributed by atoms with Crippen LogP contribution in [-0.4, -0.2) is 23.3 Å². The Hall–Kier alpha value is -0.0800. The summed E-state index contributed by atoms with van der Waals surface area (Å²) in [7, 11) is 0. The van der Waals surface area contributed by atoms with Crippen LogP contribution in [0.25, 0.3) is 0 Å². The molecule has 0 saturated carbocycles. The van der Waals surface area contributed by atoms with E-state index >= 15 is 0 Å². The summed E-state index contributed by atoms with van der Waals surface area (Å²) in [6, 6.07) is 0.513. The van der Waals surface area contributed by atoms with Crippen molar-refractivity contribution in [2.24, 2.45) is 0 Å². The van der Waals surface area contributed by atoms with Crippen molar-refractivity contribution in [2.75, 3.05) is 6.61 Å². The Morgan fingerprint density at radius 2 is 1.93 bits per heavy atom. The Balaban J connectivity index is 3.73. The fourth-order valence-corrected chi connectivity index (χ4v) is 1.63. The van der Waals surface area contributed by atoms with Gasteiger partial charge in [0.1, 0.15) is 0 Å². The molecular formula is C12H27NO. The predicted molar refractivity (Wildman–Crippen MR) is 62.5 cm³/mol. The molecule has 0 aromatic carbocycles. The average molecular weight is 201 g/mol. The van der Waals surface area contributed by atoms with Crippen LogP contribution < -0.4 is 5.32 Å². The van der Waals surface area contributed by atoms with Crippen LogP contribution in [0.5, 0.6) is 0 Å². The van der Waals surface area contributed by atoms with Crippen LogP contribution in [0.1, 0.15) is 59.8 Å². The van der Waals surface area contributed by atoms with Crippen molar-refractivity contribution in [3.8, 4) is 0 Å². The lowest BCUT2D eigenvalue weighted by Crippen LogP contribution is -2.49. The van der Waals surface area contributed by atoms with Crippen LogP contribution in [0.3, 0.4) is 0 Å². The van der Waals surface area contributed by atoms with Gasteiger partial charge >= 0.3 is 0 Å². The molecule has 0 amide bonds. The quantitative estimate of drug-likeness (QED) is 0.592. The second-order valence-corrected chi connectivity index (χ2v) is 4.61. The number of rotatable bonds is 8. The van der Waals surface area contributed by atoms with Gasteiger partial charge in [-0.25, -0.2) is 0 Å². The topological polar surface area (TPSA) is 32.3 Å². The van der Waals surface area contributed by atoms with E-state index in [1.807, 2.05) is 0 Å². The lowest BCUT2D eigenvalue weighted by atomic mass is 9.97. The van der Waals surface area contributed by atoms with Crippen LogP contribution in [0, 0.1) is 0 Å². The summed E-state index contributed by atoms with van der Waals surface area (Å²) < 4.78 is 0. The van der Waals surface area contributed by atoms with Gasteiger partial charge in [0.25, 0.3) is 0 Å². The largest absolute Gasteiger partial charge is 0.394 e. The van der Waals surface area contributed by atoms with Crippen LogP contribution >= 0.6 is 0 Å². The van der Waals surface area contributed by atoms with E-state index in [9.17, 15) is 5.11 Å². The molecular weight excluding hydrogens is 174 g/mol. The number of hydrogen-bond acceptors (Lipinski definition) is 2. The molecule has 0 aromatic rings. The van der Waals surface area contributed by atoms with E-state index in [1.165, 1.54) is 25.7 Å². The fourth-order valence-electron chi connectivity index (χ4n) is 1.63. The molecule has 0 aliphatic rings. The minimum Gasteiger partial charge on any atom is -0.394 e. The fraction of sp³-hybridized carbons (Fsp3) is 1.00. The van der Waals surface area contributed by atoms with Gasteiger partial charge in [0.15, 0.2) is 0 Å². The van der Waals surface area contributed by atoms with E-state index in [2.05, 4.69) is 33.0 Å². The number of unbranched alkanes of at least 4 members (excludes halogenated alkanes) is 2. The second-order valence-electron chi connectivity index (χ2n) is 4.61. The van der Waals surface area contributed by atoms with Crippen molar-refractivity contribution < 1.29 is 5.11 Å². The Labute approximate surface area is 89.1 Å². The highest BCUT2D eigenvalue weighted by molar-refractivity contribution is 4.83. The van der Waals surface area contributed by atoms with Gasteiger partial charge in [-0.15, -0.1) is 0 Å². The van der Waals surface area contributed by atoms with Gasteiger partial charge in [-0.05, 0) is 26.7 Å². The lowest BCUT2D eigenvalue weighted by Gasteiger charge is -2.31. The Kier molecular flexibility index (Phi) is 7.20. The van der Waals surface area contributed by atoms with Gasteiger partial charge in [-0.3, -0.25) is 0 Å². The van der Waals surface area contributed by atoms with E-state index in [0.29, 0.717) is 6.04 Å². The molecule has 2 heteroatoms. The van der Waals surface area contributed by atoms with E-state index in [1.54, 1.807) is 0 Å². The predicted octanol–water partition coefficient (Wildman–Crippen LogP) is 2.71. The molecule has 2 N–H and O–H groups in total. The number of aliphatic hydroxyl groups is 1. The smallest absolute Gasteiger partial charge is 0.0610 e. The van der Waals surface area contributed by atoms with Gasteiger partial charge in [0.2, 0.25) is 0 Å². The molecule has 0 heterocycles. The number of nitrogens with one attached hydrogen (secondary N) is 1. The number of hydrogen-bond donors (Lipinski definition) is 2. The maximum atomic E-state index is 9.24.